The molecule has 2 fully saturated rings. The lowest BCUT2D eigenvalue weighted by molar-refractivity contribution is -0.133. The Bertz CT molecular complexity index is 326. The first-order chi connectivity index (χ1) is 9.32. The quantitative estimate of drug-likeness (QED) is 0.677. The fourth-order valence-electron chi connectivity index (χ4n) is 2.31. The van der Waals surface area contributed by atoms with E-state index in [0.717, 1.165) is 39.0 Å². The van der Waals surface area contributed by atoms with Crippen molar-refractivity contribution < 1.29 is 14.3 Å². The van der Waals surface area contributed by atoms with E-state index < -0.39 is 0 Å². The van der Waals surface area contributed by atoms with Crippen molar-refractivity contribution in [3.63, 3.8) is 0 Å². The van der Waals surface area contributed by atoms with Crippen molar-refractivity contribution in [1.82, 2.24) is 9.80 Å². The van der Waals surface area contributed by atoms with Crippen LogP contribution in [0.2, 0.25) is 0 Å². The molecule has 5 heteroatoms. The summed E-state index contributed by atoms with van der Waals surface area (Å²) in [7, 11) is 0. The van der Waals surface area contributed by atoms with E-state index in [2.05, 4.69) is 13.8 Å². The third kappa shape index (κ3) is 5.90. The van der Waals surface area contributed by atoms with Crippen LogP contribution in [0.4, 0.5) is 0 Å². The molecule has 0 atom stereocenters. The summed E-state index contributed by atoms with van der Waals surface area (Å²) in [4.78, 5) is 25.3. The highest BCUT2D eigenvalue weighted by molar-refractivity contribution is 5.73. The molecule has 2 aliphatic rings. The summed E-state index contributed by atoms with van der Waals surface area (Å²) in [6.07, 6.45) is 2.29. The van der Waals surface area contributed by atoms with Gasteiger partial charge >= 0.3 is 0 Å². The van der Waals surface area contributed by atoms with Crippen LogP contribution in [0.5, 0.6) is 0 Å². The highest BCUT2D eigenvalue weighted by Crippen LogP contribution is 2.29. The van der Waals surface area contributed by atoms with Crippen LogP contribution in [-0.2, 0) is 14.3 Å². The summed E-state index contributed by atoms with van der Waals surface area (Å²) in [5.41, 5.74) is 0.450. The van der Waals surface area contributed by atoms with Crippen LogP contribution in [0.1, 0.15) is 40.5 Å². The van der Waals surface area contributed by atoms with Crippen LogP contribution in [-0.4, -0.2) is 61.0 Å². The number of hydrogen-bond donors (Lipinski definition) is 0. The van der Waals surface area contributed by atoms with Crippen LogP contribution in [0.3, 0.4) is 0 Å². The average Bonchev–Trinajstić information content (AvgIpc) is 2.40. The van der Waals surface area contributed by atoms with Gasteiger partial charge < -0.3 is 14.5 Å². The van der Waals surface area contributed by atoms with Crippen molar-refractivity contribution in [1.29, 1.82) is 0 Å². The summed E-state index contributed by atoms with van der Waals surface area (Å²) in [5.74, 6) is 0.374. The highest BCUT2D eigenvalue weighted by Gasteiger charge is 2.25. The maximum atomic E-state index is 10.9. The van der Waals surface area contributed by atoms with Gasteiger partial charge in [-0.2, -0.15) is 0 Å². The second-order valence-electron chi connectivity index (χ2n) is 6.29. The molecule has 2 aliphatic heterocycles. The van der Waals surface area contributed by atoms with Crippen molar-refractivity contribution in [2.24, 2.45) is 5.41 Å². The Kier molecular flexibility index (Phi) is 6.46. The molecule has 116 valence electrons. The standard InChI is InChI=1S/C9H17NO.C6H11NO2/c1-8(11)10-6-4-9(2,3)5-7-10;1-6(8)7-2-4-9-5-3-7/h4-7H2,1-3H3;2-5H2,1H3. The molecule has 20 heavy (non-hydrogen) atoms. The van der Waals surface area contributed by atoms with Gasteiger partial charge in [0.25, 0.3) is 0 Å². The first-order valence-electron chi connectivity index (χ1n) is 7.40. The van der Waals surface area contributed by atoms with Crippen LogP contribution >= 0.6 is 0 Å². The van der Waals surface area contributed by atoms with Crippen LogP contribution < -0.4 is 0 Å². The number of ether oxygens (including phenoxy) is 1. The zero-order chi connectivity index (χ0) is 15.2. The lowest BCUT2D eigenvalue weighted by Gasteiger charge is -2.36. The Morgan fingerprint density at radius 3 is 1.60 bits per heavy atom. The molecule has 0 bridgehead atoms. The maximum Gasteiger partial charge on any atom is 0.219 e. The third-order valence-electron chi connectivity index (χ3n) is 4.02. The third-order valence-corrected chi connectivity index (χ3v) is 4.02. The zero-order valence-corrected chi connectivity index (χ0v) is 13.3. The number of piperidine rings is 1. The molecule has 0 unspecified atom stereocenters. The fraction of sp³-hybridized carbons (Fsp3) is 0.867. The number of nitrogens with zero attached hydrogens (tertiary/aromatic N) is 2. The van der Waals surface area contributed by atoms with E-state index in [-0.39, 0.29) is 11.8 Å². The minimum Gasteiger partial charge on any atom is -0.378 e. The second kappa shape index (κ2) is 7.62. The maximum absolute atomic E-state index is 10.9. The molecule has 0 radical (unpaired) electrons. The molecule has 2 amide bonds. The molecule has 0 aromatic carbocycles. The summed E-state index contributed by atoms with van der Waals surface area (Å²) in [6, 6.07) is 0. The lowest BCUT2D eigenvalue weighted by Crippen LogP contribution is -2.39. The summed E-state index contributed by atoms with van der Waals surface area (Å²) >= 11 is 0. The van der Waals surface area contributed by atoms with E-state index in [0.29, 0.717) is 18.6 Å². The molecule has 0 aromatic rings. The number of amides is 2. The Morgan fingerprint density at radius 1 is 0.850 bits per heavy atom. The van der Waals surface area contributed by atoms with Crippen LogP contribution in [0.25, 0.3) is 0 Å². The van der Waals surface area contributed by atoms with Gasteiger partial charge in [-0.15, -0.1) is 0 Å². The fourth-order valence-corrected chi connectivity index (χ4v) is 2.31. The predicted octanol–water partition coefficient (Wildman–Crippen LogP) is 1.52. The van der Waals surface area contributed by atoms with Gasteiger partial charge in [-0.1, -0.05) is 13.8 Å². The number of morpholine rings is 1. The molecule has 2 saturated heterocycles. The van der Waals surface area contributed by atoms with Gasteiger partial charge in [0.15, 0.2) is 0 Å². The molecule has 0 saturated carbocycles. The molecular weight excluding hydrogens is 256 g/mol. The van der Waals surface area contributed by atoms with Crippen molar-refractivity contribution >= 4 is 11.8 Å². The summed E-state index contributed by atoms with van der Waals surface area (Å²) in [6.45, 7) is 12.6. The average molecular weight is 284 g/mol. The Labute approximate surface area is 122 Å². The highest BCUT2D eigenvalue weighted by atomic mass is 16.5. The predicted molar refractivity (Wildman–Crippen MR) is 78.3 cm³/mol. The number of carbonyl (C=O) groups excluding carboxylic acids is 2. The van der Waals surface area contributed by atoms with E-state index in [1.165, 1.54) is 0 Å². The lowest BCUT2D eigenvalue weighted by atomic mass is 9.83. The molecule has 0 spiro atoms. The van der Waals surface area contributed by atoms with Gasteiger partial charge in [-0.05, 0) is 18.3 Å². The molecule has 0 aliphatic carbocycles. The number of hydrogen-bond acceptors (Lipinski definition) is 3. The smallest absolute Gasteiger partial charge is 0.219 e. The number of rotatable bonds is 0. The van der Waals surface area contributed by atoms with Gasteiger partial charge in [-0.25, -0.2) is 0 Å². The van der Waals surface area contributed by atoms with Gasteiger partial charge in [0.2, 0.25) is 11.8 Å². The number of likely N-dealkylation sites (tertiary alicyclic amines) is 1. The monoisotopic (exact) mass is 284 g/mol. The van der Waals surface area contributed by atoms with Crippen molar-refractivity contribution in [2.45, 2.75) is 40.5 Å². The van der Waals surface area contributed by atoms with Crippen LogP contribution in [0, 0.1) is 5.41 Å². The van der Waals surface area contributed by atoms with Gasteiger partial charge in [0.1, 0.15) is 0 Å². The van der Waals surface area contributed by atoms with E-state index >= 15 is 0 Å². The molecule has 5 nitrogen and oxygen atoms in total. The van der Waals surface area contributed by atoms with Gasteiger partial charge in [0, 0.05) is 40.0 Å². The van der Waals surface area contributed by atoms with E-state index in [1.807, 2.05) is 4.90 Å². The van der Waals surface area contributed by atoms with Gasteiger partial charge in [0.05, 0.1) is 13.2 Å². The first kappa shape index (κ1) is 17.0. The van der Waals surface area contributed by atoms with E-state index in [9.17, 15) is 9.59 Å². The second-order valence-corrected chi connectivity index (χ2v) is 6.29. The minimum absolute atomic E-state index is 0.151. The summed E-state index contributed by atoms with van der Waals surface area (Å²) < 4.78 is 5.06. The molecular formula is C15H28N2O3. The van der Waals surface area contributed by atoms with Crippen LogP contribution in [0.15, 0.2) is 0 Å². The normalized spacial score (nSPS) is 21.8. The molecule has 0 aromatic heterocycles. The Morgan fingerprint density at radius 2 is 1.25 bits per heavy atom. The topological polar surface area (TPSA) is 49.9 Å². The van der Waals surface area contributed by atoms with Crippen molar-refractivity contribution in [3.8, 4) is 0 Å². The first-order valence-corrected chi connectivity index (χ1v) is 7.40. The Balaban J connectivity index is 0.000000204. The molecule has 0 N–H and O–H groups in total. The molecule has 2 rings (SSSR count). The van der Waals surface area contributed by atoms with E-state index in [1.54, 1.807) is 18.7 Å². The number of carbonyl (C=O) groups is 2. The van der Waals surface area contributed by atoms with Gasteiger partial charge in [-0.3, -0.25) is 9.59 Å². The van der Waals surface area contributed by atoms with E-state index in [4.69, 9.17) is 4.74 Å². The zero-order valence-electron chi connectivity index (χ0n) is 13.3. The summed E-state index contributed by atoms with van der Waals surface area (Å²) in [5, 5.41) is 0. The molecule has 2 heterocycles. The van der Waals surface area contributed by atoms with Crippen molar-refractivity contribution in [2.75, 3.05) is 39.4 Å². The minimum atomic E-state index is 0.151. The van der Waals surface area contributed by atoms with Crippen molar-refractivity contribution in [3.05, 3.63) is 0 Å². The Hall–Kier alpha value is -1.10. The largest absolute Gasteiger partial charge is 0.378 e. The SMILES string of the molecule is CC(=O)N1CCC(C)(C)CC1.CC(=O)N1CCOCC1.